The van der Waals surface area contributed by atoms with Gasteiger partial charge in [-0.15, -0.1) is 0 Å². The summed E-state index contributed by atoms with van der Waals surface area (Å²) in [5.41, 5.74) is 6.59. The Morgan fingerprint density at radius 1 is 1.11 bits per heavy atom. The number of ether oxygens (including phenoxy) is 1. The molecule has 0 bridgehead atoms. The smallest absolute Gasteiger partial charge is 0.274 e. The molecule has 5 rings (SSSR count). The number of hydrogen-bond acceptors (Lipinski definition) is 5. The SMILES string of the molecule is Cc1cccc(C2CCN(C(=O)Cn3nc(C(=O)N4CCO[C@H](CO)C4)c4c3CCC4)CC2)c1C. The van der Waals surface area contributed by atoms with Crippen LogP contribution in [0.25, 0.3) is 0 Å². The molecule has 0 radical (unpaired) electrons. The fourth-order valence-electron chi connectivity index (χ4n) is 5.86. The zero-order valence-corrected chi connectivity index (χ0v) is 20.8. The summed E-state index contributed by atoms with van der Waals surface area (Å²) in [5.74, 6) is 0.450. The Morgan fingerprint density at radius 2 is 1.91 bits per heavy atom. The Hall–Kier alpha value is -2.71. The van der Waals surface area contributed by atoms with E-state index in [0.717, 1.165) is 56.5 Å². The minimum absolute atomic E-state index is 0.0762. The molecule has 35 heavy (non-hydrogen) atoms. The fourth-order valence-corrected chi connectivity index (χ4v) is 5.86. The predicted molar refractivity (Wildman–Crippen MR) is 131 cm³/mol. The lowest BCUT2D eigenvalue weighted by Crippen LogP contribution is -2.47. The molecule has 2 aliphatic heterocycles. The van der Waals surface area contributed by atoms with E-state index < -0.39 is 0 Å². The Labute approximate surface area is 206 Å². The first-order valence-corrected chi connectivity index (χ1v) is 12.9. The number of aryl methyl sites for hydroxylation is 1. The van der Waals surface area contributed by atoms with Crippen molar-refractivity contribution >= 4 is 11.8 Å². The number of hydrogen-bond donors (Lipinski definition) is 1. The Balaban J connectivity index is 1.25. The van der Waals surface area contributed by atoms with E-state index in [2.05, 4.69) is 37.1 Å². The van der Waals surface area contributed by atoms with Crippen molar-refractivity contribution in [3.63, 3.8) is 0 Å². The number of aliphatic hydroxyl groups excluding tert-OH is 1. The molecule has 1 aliphatic carbocycles. The average molecular weight is 481 g/mol. The molecule has 1 N–H and O–H groups in total. The van der Waals surface area contributed by atoms with Crippen LogP contribution in [0.2, 0.25) is 0 Å². The van der Waals surface area contributed by atoms with Crippen LogP contribution in [0.5, 0.6) is 0 Å². The summed E-state index contributed by atoms with van der Waals surface area (Å²) in [5, 5.41) is 14.1. The number of carbonyl (C=O) groups is 2. The lowest BCUT2D eigenvalue weighted by molar-refractivity contribution is -0.133. The molecule has 8 nitrogen and oxygen atoms in total. The van der Waals surface area contributed by atoms with Gasteiger partial charge in [-0.2, -0.15) is 5.10 Å². The van der Waals surface area contributed by atoms with Gasteiger partial charge < -0.3 is 19.6 Å². The summed E-state index contributed by atoms with van der Waals surface area (Å²) in [6.07, 6.45) is 4.24. The number of benzene rings is 1. The summed E-state index contributed by atoms with van der Waals surface area (Å²) < 4.78 is 7.27. The first-order valence-electron chi connectivity index (χ1n) is 12.9. The third kappa shape index (κ3) is 4.74. The third-order valence-electron chi connectivity index (χ3n) is 8.06. The molecule has 2 aromatic rings. The molecule has 188 valence electrons. The van der Waals surface area contributed by atoms with Crippen molar-refractivity contribution in [2.75, 3.05) is 39.4 Å². The van der Waals surface area contributed by atoms with Crippen molar-refractivity contribution in [3.05, 3.63) is 51.8 Å². The van der Waals surface area contributed by atoms with Crippen LogP contribution in [0.4, 0.5) is 0 Å². The number of aliphatic hydroxyl groups is 1. The highest BCUT2D eigenvalue weighted by molar-refractivity contribution is 5.94. The molecule has 8 heteroatoms. The van der Waals surface area contributed by atoms with Crippen LogP contribution in [0.15, 0.2) is 18.2 Å². The van der Waals surface area contributed by atoms with Gasteiger partial charge in [0.15, 0.2) is 5.69 Å². The summed E-state index contributed by atoms with van der Waals surface area (Å²) >= 11 is 0. The number of aromatic nitrogens is 2. The maximum Gasteiger partial charge on any atom is 0.274 e. The second-order valence-corrected chi connectivity index (χ2v) is 10.2. The molecule has 1 aromatic heterocycles. The average Bonchev–Trinajstić information content (AvgIpc) is 3.49. The summed E-state index contributed by atoms with van der Waals surface area (Å²) in [6.45, 7) is 7.21. The number of carbonyl (C=O) groups excluding carboxylic acids is 2. The molecule has 1 atom stereocenters. The monoisotopic (exact) mass is 480 g/mol. The van der Waals surface area contributed by atoms with Crippen molar-refractivity contribution in [3.8, 4) is 0 Å². The van der Waals surface area contributed by atoms with Crippen molar-refractivity contribution < 1.29 is 19.4 Å². The van der Waals surface area contributed by atoms with Crippen molar-refractivity contribution in [1.29, 1.82) is 0 Å². The molecule has 2 saturated heterocycles. The minimum Gasteiger partial charge on any atom is -0.394 e. The van der Waals surface area contributed by atoms with E-state index in [4.69, 9.17) is 4.74 Å². The van der Waals surface area contributed by atoms with Gasteiger partial charge in [0.2, 0.25) is 5.91 Å². The van der Waals surface area contributed by atoms with E-state index in [9.17, 15) is 14.7 Å². The van der Waals surface area contributed by atoms with Crippen LogP contribution in [-0.2, 0) is 28.9 Å². The molecule has 0 unspecified atom stereocenters. The number of fused-ring (bicyclic) bond motifs is 1. The topological polar surface area (TPSA) is 87.9 Å². The molecule has 2 fully saturated rings. The first-order chi connectivity index (χ1) is 17.0. The highest BCUT2D eigenvalue weighted by atomic mass is 16.5. The summed E-state index contributed by atoms with van der Waals surface area (Å²) in [4.78, 5) is 30.2. The van der Waals surface area contributed by atoms with Crippen LogP contribution in [0, 0.1) is 13.8 Å². The van der Waals surface area contributed by atoms with Gasteiger partial charge in [0.1, 0.15) is 6.54 Å². The van der Waals surface area contributed by atoms with E-state index in [1.54, 1.807) is 9.58 Å². The lowest BCUT2D eigenvalue weighted by Gasteiger charge is -2.33. The maximum atomic E-state index is 13.3. The second kappa shape index (κ2) is 10.1. The van der Waals surface area contributed by atoms with Crippen LogP contribution >= 0.6 is 0 Å². The van der Waals surface area contributed by atoms with Crippen LogP contribution in [0.1, 0.15) is 63.6 Å². The largest absolute Gasteiger partial charge is 0.394 e. The molecule has 3 aliphatic rings. The molecule has 0 spiro atoms. The van der Waals surface area contributed by atoms with Gasteiger partial charge in [-0.25, -0.2) is 0 Å². The van der Waals surface area contributed by atoms with Crippen molar-refractivity contribution in [2.24, 2.45) is 0 Å². The highest BCUT2D eigenvalue weighted by Crippen LogP contribution is 2.32. The highest BCUT2D eigenvalue weighted by Gasteiger charge is 2.33. The number of nitrogens with zero attached hydrogens (tertiary/aromatic N) is 4. The van der Waals surface area contributed by atoms with Crippen LogP contribution in [0.3, 0.4) is 0 Å². The summed E-state index contributed by atoms with van der Waals surface area (Å²) in [6, 6.07) is 6.52. The fraction of sp³-hybridized carbons (Fsp3) is 0.593. The predicted octanol–water partition coefficient (Wildman–Crippen LogP) is 2.23. The maximum absolute atomic E-state index is 13.3. The van der Waals surface area contributed by atoms with Gasteiger partial charge in [-0.05, 0) is 68.6 Å². The zero-order chi connectivity index (χ0) is 24.5. The van der Waals surface area contributed by atoms with Gasteiger partial charge >= 0.3 is 0 Å². The van der Waals surface area contributed by atoms with E-state index in [1.807, 2.05) is 4.90 Å². The number of piperidine rings is 1. The minimum atomic E-state index is -0.351. The first kappa shape index (κ1) is 24.0. The molecule has 1 aromatic carbocycles. The Bertz CT molecular complexity index is 1100. The van der Waals surface area contributed by atoms with Gasteiger partial charge in [0.25, 0.3) is 5.91 Å². The second-order valence-electron chi connectivity index (χ2n) is 10.2. The quantitative estimate of drug-likeness (QED) is 0.709. The number of amides is 2. The number of morpholine rings is 1. The van der Waals surface area contributed by atoms with Crippen molar-refractivity contribution in [2.45, 2.75) is 64.5 Å². The number of rotatable bonds is 5. The summed E-state index contributed by atoms with van der Waals surface area (Å²) in [7, 11) is 0. The Morgan fingerprint density at radius 3 is 2.69 bits per heavy atom. The molecule has 3 heterocycles. The van der Waals surface area contributed by atoms with E-state index >= 15 is 0 Å². The van der Waals surface area contributed by atoms with E-state index in [0.29, 0.717) is 31.3 Å². The van der Waals surface area contributed by atoms with Gasteiger partial charge in [0.05, 0.1) is 19.3 Å². The van der Waals surface area contributed by atoms with Gasteiger partial charge in [-0.1, -0.05) is 18.2 Å². The Kier molecular flexibility index (Phi) is 6.93. The van der Waals surface area contributed by atoms with Gasteiger partial charge in [-0.3, -0.25) is 14.3 Å². The zero-order valence-electron chi connectivity index (χ0n) is 20.8. The third-order valence-corrected chi connectivity index (χ3v) is 8.06. The lowest BCUT2D eigenvalue weighted by atomic mass is 9.85. The van der Waals surface area contributed by atoms with E-state index in [-0.39, 0.29) is 31.1 Å². The van der Waals surface area contributed by atoms with Crippen molar-refractivity contribution in [1.82, 2.24) is 19.6 Å². The van der Waals surface area contributed by atoms with E-state index in [1.165, 1.54) is 16.7 Å². The molecular weight excluding hydrogens is 444 g/mol. The normalized spacial score (nSPS) is 20.8. The van der Waals surface area contributed by atoms with Crippen LogP contribution < -0.4 is 0 Å². The molecule has 2 amide bonds. The standard InChI is InChI=1S/C27H36N4O4/c1-18-5-3-6-22(19(18)2)20-9-11-29(12-10-20)25(33)16-31-24-8-4-7-23(24)26(28-31)27(34)30-13-14-35-21(15-30)17-32/h3,5-6,20-21,32H,4,7-17H2,1-2H3/t21-/m0/s1. The molecular formula is C27H36N4O4. The number of likely N-dealkylation sites (tertiary alicyclic amines) is 1. The van der Waals surface area contributed by atoms with Crippen LogP contribution in [-0.4, -0.2) is 82.0 Å². The van der Waals surface area contributed by atoms with Gasteiger partial charge in [0, 0.05) is 37.4 Å². The molecule has 0 saturated carbocycles.